The van der Waals surface area contributed by atoms with Gasteiger partial charge < -0.3 is 15.2 Å². The lowest BCUT2D eigenvalue weighted by molar-refractivity contribution is 0.0960. The van der Waals surface area contributed by atoms with Gasteiger partial charge in [-0.2, -0.15) is 5.10 Å². The fourth-order valence-electron chi connectivity index (χ4n) is 3.57. The topological polar surface area (TPSA) is 113 Å². The van der Waals surface area contributed by atoms with Crippen molar-refractivity contribution in [3.05, 3.63) is 80.3 Å². The minimum absolute atomic E-state index is 0.0214. The number of aryl methyl sites for hydroxylation is 2. The van der Waals surface area contributed by atoms with Gasteiger partial charge >= 0.3 is 0 Å². The minimum Gasteiger partial charge on any atom is -0.507 e. The van der Waals surface area contributed by atoms with Crippen LogP contribution in [0.15, 0.2) is 58.1 Å². The Balaban J connectivity index is 1.70. The van der Waals surface area contributed by atoms with Crippen molar-refractivity contribution < 1.29 is 19.4 Å². The third-order valence-electron chi connectivity index (χ3n) is 5.14. The highest BCUT2D eigenvalue weighted by Gasteiger charge is 2.24. The maximum Gasteiger partial charge on any atom is 0.283 e. The van der Waals surface area contributed by atoms with Crippen LogP contribution in [0.3, 0.4) is 0 Å². The first-order valence-corrected chi connectivity index (χ1v) is 12.1. The van der Waals surface area contributed by atoms with Crippen LogP contribution < -0.4 is 15.5 Å². The second-order valence-corrected chi connectivity index (χ2v) is 9.54. The summed E-state index contributed by atoms with van der Waals surface area (Å²) in [6.45, 7) is 3.77. The number of carbonyl (C=O) groups excluding carboxylic acids is 2. The predicted octanol–water partition coefficient (Wildman–Crippen LogP) is 5.41. The number of rotatable bonds is 6. The van der Waals surface area contributed by atoms with E-state index in [4.69, 9.17) is 4.74 Å². The van der Waals surface area contributed by atoms with E-state index < -0.39 is 11.8 Å². The van der Waals surface area contributed by atoms with E-state index in [2.05, 4.69) is 36.8 Å². The molecule has 3 N–H and O–H groups in total. The molecule has 2 heterocycles. The van der Waals surface area contributed by atoms with E-state index in [1.165, 1.54) is 19.4 Å². The third-order valence-corrected chi connectivity index (χ3v) is 6.72. The highest BCUT2D eigenvalue weighted by molar-refractivity contribution is 9.10. The van der Waals surface area contributed by atoms with Gasteiger partial charge in [0.15, 0.2) is 0 Å². The van der Waals surface area contributed by atoms with Crippen molar-refractivity contribution in [3.8, 4) is 11.5 Å². The van der Waals surface area contributed by atoms with Crippen LogP contribution in [0.5, 0.6) is 11.5 Å². The van der Waals surface area contributed by atoms with Crippen LogP contribution in [0.2, 0.25) is 0 Å². The summed E-state index contributed by atoms with van der Waals surface area (Å²) in [5.41, 5.74) is 5.26. The maximum absolute atomic E-state index is 13.2. The number of hydrogen-bond donors (Lipinski definition) is 3. The second-order valence-electron chi connectivity index (χ2n) is 7.62. The smallest absolute Gasteiger partial charge is 0.283 e. The molecule has 0 aliphatic rings. The number of benzene rings is 2. The van der Waals surface area contributed by atoms with Crippen LogP contribution in [-0.2, 0) is 0 Å². The molecule has 178 valence electrons. The highest BCUT2D eigenvalue weighted by Crippen LogP contribution is 2.38. The quantitative estimate of drug-likeness (QED) is 0.219. The molecule has 0 spiro atoms. The minimum atomic E-state index is -0.522. The molecule has 0 saturated heterocycles. The Hall–Kier alpha value is -3.76. The predicted molar refractivity (Wildman–Crippen MR) is 141 cm³/mol. The molecule has 0 bridgehead atoms. The standard InChI is InChI=1S/C25H21BrN4O4S/c1-13-10-14(2)28-25-20(13)21(29-23(32)17-6-4-5-7-19(17)34-3)22(35-25)24(33)30-27-12-15-11-16(26)8-9-18(15)31/h4-12,31H,1-3H3,(H,29,32)(H,30,33). The van der Waals surface area contributed by atoms with Crippen LogP contribution in [-0.4, -0.2) is 35.2 Å². The van der Waals surface area contributed by atoms with Gasteiger partial charge in [-0.15, -0.1) is 11.3 Å². The van der Waals surface area contributed by atoms with Gasteiger partial charge in [0.25, 0.3) is 11.8 Å². The molecule has 0 aliphatic heterocycles. The number of methoxy groups -OCH3 is 1. The van der Waals surface area contributed by atoms with Crippen LogP contribution in [0.1, 0.15) is 36.9 Å². The molecule has 2 aromatic heterocycles. The number of hydrazone groups is 1. The normalized spacial score (nSPS) is 11.1. The van der Waals surface area contributed by atoms with Crippen molar-refractivity contribution in [1.29, 1.82) is 0 Å². The summed E-state index contributed by atoms with van der Waals surface area (Å²) in [7, 11) is 1.49. The average molecular weight is 553 g/mol. The number of aromatic hydroxyl groups is 1. The molecule has 8 nitrogen and oxygen atoms in total. The number of phenolic OH excluding ortho intramolecular Hbond substituents is 1. The monoisotopic (exact) mass is 552 g/mol. The van der Waals surface area contributed by atoms with Crippen molar-refractivity contribution >= 4 is 61.2 Å². The number of aromatic nitrogens is 1. The molecule has 0 fully saturated rings. The first-order chi connectivity index (χ1) is 16.8. The number of hydrogen-bond acceptors (Lipinski definition) is 7. The Morgan fingerprint density at radius 1 is 1.14 bits per heavy atom. The number of anilines is 1. The number of fused-ring (bicyclic) bond motifs is 1. The molecule has 0 unspecified atom stereocenters. The van der Waals surface area contributed by atoms with Gasteiger partial charge in [-0.25, -0.2) is 10.4 Å². The van der Waals surface area contributed by atoms with Gasteiger partial charge in [0.1, 0.15) is 21.2 Å². The Kier molecular flexibility index (Phi) is 7.13. The number of para-hydroxylation sites is 1. The number of pyridine rings is 1. The van der Waals surface area contributed by atoms with Crippen LogP contribution >= 0.6 is 27.3 Å². The zero-order chi connectivity index (χ0) is 25.1. The van der Waals surface area contributed by atoms with Gasteiger partial charge in [-0.3, -0.25) is 9.59 Å². The summed E-state index contributed by atoms with van der Waals surface area (Å²) < 4.78 is 6.07. The molecule has 4 rings (SSSR count). The molecule has 35 heavy (non-hydrogen) atoms. The van der Waals surface area contributed by atoms with Crippen molar-refractivity contribution in [1.82, 2.24) is 10.4 Å². The highest BCUT2D eigenvalue weighted by atomic mass is 79.9. The number of amides is 2. The first-order valence-electron chi connectivity index (χ1n) is 10.5. The van der Waals surface area contributed by atoms with E-state index in [-0.39, 0.29) is 10.6 Å². The summed E-state index contributed by atoms with van der Waals surface area (Å²) in [5, 5.41) is 17.5. The van der Waals surface area contributed by atoms with E-state index in [1.807, 2.05) is 19.9 Å². The number of ether oxygens (including phenoxy) is 1. The Bertz CT molecular complexity index is 1480. The number of nitrogens with zero attached hydrogens (tertiary/aromatic N) is 2. The van der Waals surface area contributed by atoms with Gasteiger partial charge in [-0.1, -0.05) is 28.1 Å². The van der Waals surface area contributed by atoms with Crippen molar-refractivity contribution in [3.63, 3.8) is 0 Å². The zero-order valence-electron chi connectivity index (χ0n) is 19.0. The van der Waals surface area contributed by atoms with E-state index >= 15 is 0 Å². The molecule has 4 aromatic rings. The summed E-state index contributed by atoms with van der Waals surface area (Å²) in [4.78, 5) is 31.7. The van der Waals surface area contributed by atoms with Crippen molar-refractivity contribution in [2.75, 3.05) is 12.4 Å². The van der Waals surface area contributed by atoms with Gasteiger partial charge in [0, 0.05) is 21.1 Å². The van der Waals surface area contributed by atoms with Gasteiger partial charge in [0.05, 0.1) is 24.6 Å². The van der Waals surface area contributed by atoms with Crippen LogP contribution in [0.4, 0.5) is 5.69 Å². The molecule has 2 amide bonds. The number of thiophene rings is 1. The summed E-state index contributed by atoms with van der Waals surface area (Å²) in [6.07, 6.45) is 1.34. The Labute approximate surface area is 213 Å². The molecular weight excluding hydrogens is 532 g/mol. The van der Waals surface area contributed by atoms with Crippen LogP contribution in [0, 0.1) is 13.8 Å². The SMILES string of the molecule is COc1ccccc1C(=O)Nc1c(C(=O)NN=Cc2cc(Br)ccc2O)sc2nc(C)cc(C)c12. The number of phenols is 1. The molecular formula is C25H21BrN4O4S. The van der Waals surface area contributed by atoms with Crippen molar-refractivity contribution in [2.45, 2.75) is 13.8 Å². The van der Waals surface area contributed by atoms with E-state index in [9.17, 15) is 14.7 Å². The van der Waals surface area contributed by atoms with Gasteiger partial charge in [0.2, 0.25) is 0 Å². The maximum atomic E-state index is 13.2. The van der Waals surface area contributed by atoms with E-state index in [1.54, 1.807) is 36.4 Å². The lowest BCUT2D eigenvalue weighted by Gasteiger charge is -2.11. The van der Waals surface area contributed by atoms with Gasteiger partial charge in [-0.05, 0) is 55.8 Å². The molecule has 0 radical (unpaired) electrons. The Morgan fingerprint density at radius 2 is 1.91 bits per heavy atom. The largest absolute Gasteiger partial charge is 0.507 e. The fraction of sp³-hybridized carbons (Fsp3) is 0.120. The average Bonchev–Trinajstić information content (AvgIpc) is 3.19. The molecule has 10 heteroatoms. The molecule has 0 saturated carbocycles. The number of carbonyl (C=O) groups is 2. The number of halogens is 1. The summed E-state index contributed by atoms with van der Waals surface area (Å²) in [6, 6.07) is 13.6. The molecule has 0 aliphatic carbocycles. The lowest BCUT2D eigenvalue weighted by atomic mass is 10.1. The van der Waals surface area contributed by atoms with Crippen LogP contribution in [0.25, 0.3) is 10.2 Å². The zero-order valence-corrected chi connectivity index (χ0v) is 21.5. The van der Waals surface area contributed by atoms with Crippen molar-refractivity contribution in [2.24, 2.45) is 5.10 Å². The first kappa shape index (κ1) is 24.4. The third kappa shape index (κ3) is 5.18. The summed E-state index contributed by atoms with van der Waals surface area (Å²) in [5.74, 6) is -0.502. The summed E-state index contributed by atoms with van der Waals surface area (Å²) >= 11 is 4.49. The number of nitrogens with one attached hydrogen (secondary N) is 2. The van der Waals surface area contributed by atoms with E-state index in [0.29, 0.717) is 32.8 Å². The lowest BCUT2D eigenvalue weighted by Crippen LogP contribution is -2.20. The molecule has 0 atom stereocenters. The fourth-order valence-corrected chi connectivity index (χ4v) is 5.09. The second kappa shape index (κ2) is 10.2. The molecule has 2 aromatic carbocycles. The van der Waals surface area contributed by atoms with E-state index in [0.717, 1.165) is 27.1 Å². The Morgan fingerprint density at radius 3 is 2.69 bits per heavy atom.